The highest BCUT2D eigenvalue weighted by atomic mass is 15.4. The highest BCUT2D eigenvalue weighted by Crippen LogP contribution is 2.24. The molecular formula is C10H18N4. The largest absolute Gasteiger partial charge is 0.325 e. The van der Waals surface area contributed by atoms with Crippen LogP contribution in [0.4, 0.5) is 0 Å². The van der Waals surface area contributed by atoms with Gasteiger partial charge in [0.2, 0.25) is 0 Å². The van der Waals surface area contributed by atoms with Crippen LogP contribution in [-0.4, -0.2) is 15.0 Å². The molecule has 78 valence electrons. The lowest BCUT2D eigenvalue weighted by molar-refractivity contribution is 0.305. The van der Waals surface area contributed by atoms with Crippen molar-refractivity contribution >= 4 is 0 Å². The van der Waals surface area contributed by atoms with Crippen LogP contribution in [0.3, 0.4) is 0 Å². The third-order valence-corrected chi connectivity index (χ3v) is 2.97. The van der Waals surface area contributed by atoms with E-state index in [2.05, 4.69) is 10.3 Å². The summed E-state index contributed by atoms with van der Waals surface area (Å²) in [5.41, 5.74) is 6.37. The van der Waals surface area contributed by atoms with Crippen molar-refractivity contribution in [3.63, 3.8) is 0 Å². The number of hydrogen-bond acceptors (Lipinski definition) is 3. The summed E-state index contributed by atoms with van der Waals surface area (Å²) < 4.78 is 1.94. The highest BCUT2D eigenvalue weighted by Gasteiger charge is 2.14. The maximum absolute atomic E-state index is 5.48. The molecule has 2 rings (SSSR count). The zero-order valence-electron chi connectivity index (χ0n) is 8.52. The minimum absolute atomic E-state index is 0.491. The normalized spacial score (nSPS) is 18.6. The average molecular weight is 194 g/mol. The van der Waals surface area contributed by atoms with E-state index < -0.39 is 0 Å². The van der Waals surface area contributed by atoms with Gasteiger partial charge in [-0.05, 0) is 18.8 Å². The molecule has 1 saturated carbocycles. The molecule has 0 unspecified atom stereocenters. The number of hydrogen-bond donors (Lipinski definition) is 1. The smallest absolute Gasteiger partial charge is 0.0962 e. The summed E-state index contributed by atoms with van der Waals surface area (Å²) in [4.78, 5) is 0. The first-order valence-corrected chi connectivity index (χ1v) is 5.47. The van der Waals surface area contributed by atoms with E-state index in [4.69, 9.17) is 5.73 Å². The Morgan fingerprint density at radius 1 is 1.36 bits per heavy atom. The lowest BCUT2D eigenvalue weighted by Crippen LogP contribution is -2.14. The molecule has 0 atom stereocenters. The Morgan fingerprint density at radius 3 is 2.79 bits per heavy atom. The molecule has 14 heavy (non-hydrogen) atoms. The second kappa shape index (κ2) is 4.55. The van der Waals surface area contributed by atoms with Gasteiger partial charge in [0.15, 0.2) is 0 Å². The average Bonchev–Trinajstić information content (AvgIpc) is 2.67. The van der Waals surface area contributed by atoms with Crippen LogP contribution in [0.25, 0.3) is 0 Å². The molecule has 0 bridgehead atoms. The van der Waals surface area contributed by atoms with Crippen LogP contribution in [0.5, 0.6) is 0 Å². The van der Waals surface area contributed by atoms with Gasteiger partial charge < -0.3 is 5.73 Å². The van der Waals surface area contributed by atoms with E-state index in [1.807, 2.05) is 10.9 Å². The molecule has 0 aromatic carbocycles. The fourth-order valence-electron chi connectivity index (χ4n) is 2.16. The van der Waals surface area contributed by atoms with E-state index >= 15 is 0 Å². The molecule has 1 aliphatic rings. The van der Waals surface area contributed by atoms with Crippen LogP contribution in [-0.2, 0) is 13.1 Å². The van der Waals surface area contributed by atoms with Crippen molar-refractivity contribution in [2.24, 2.45) is 11.7 Å². The van der Waals surface area contributed by atoms with Gasteiger partial charge in [-0.2, -0.15) is 0 Å². The standard InChI is InChI=1S/C10H18N4/c11-6-10-8-14(13-12-10)7-9-4-2-1-3-5-9/h8-9H,1-7,11H2. The van der Waals surface area contributed by atoms with Gasteiger partial charge in [0, 0.05) is 19.3 Å². The van der Waals surface area contributed by atoms with E-state index in [1.165, 1.54) is 32.1 Å². The van der Waals surface area contributed by atoms with Crippen LogP contribution in [0.2, 0.25) is 0 Å². The second-order valence-electron chi connectivity index (χ2n) is 4.14. The van der Waals surface area contributed by atoms with E-state index in [0.717, 1.165) is 18.2 Å². The Morgan fingerprint density at radius 2 is 2.14 bits per heavy atom. The molecule has 0 aliphatic heterocycles. The molecule has 4 heteroatoms. The molecule has 1 aromatic heterocycles. The Balaban J connectivity index is 1.89. The summed E-state index contributed by atoms with van der Waals surface area (Å²) >= 11 is 0. The predicted octanol–water partition coefficient (Wildman–Crippen LogP) is 1.32. The second-order valence-corrected chi connectivity index (χ2v) is 4.14. The first-order valence-electron chi connectivity index (χ1n) is 5.47. The van der Waals surface area contributed by atoms with Crippen LogP contribution in [0, 0.1) is 5.92 Å². The van der Waals surface area contributed by atoms with Crippen LogP contribution >= 0.6 is 0 Å². The number of nitrogens with two attached hydrogens (primary N) is 1. The summed E-state index contributed by atoms with van der Waals surface area (Å²) in [7, 11) is 0. The van der Waals surface area contributed by atoms with Crippen molar-refractivity contribution in [1.29, 1.82) is 0 Å². The van der Waals surface area contributed by atoms with Gasteiger partial charge in [-0.15, -0.1) is 5.10 Å². The van der Waals surface area contributed by atoms with Crippen molar-refractivity contribution in [1.82, 2.24) is 15.0 Å². The SMILES string of the molecule is NCc1cn(CC2CCCCC2)nn1. The summed E-state index contributed by atoms with van der Waals surface area (Å²) in [6, 6.07) is 0. The zero-order chi connectivity index (χ0) is 9.80. The molecule has 4 nitrogen and oxygen atoms in total. The molecule has 1 aromatic rings. The third kappa shape index (κ3) is 2.32. The molecular weight excluding hydrogens is 176 g/mol. The maximum atomic E-state index is 5.48. The Labute approximate surface area is 84.5 Å². The molecule has 0 amide bonds. The van der Waals surface area contributed by atoms with Crippen LogP contribution in [0.1, 0.15) is 37.8 Å². The van der Waals surface area contributed by atoms with Crippen molar-refractivity contribution in [3.05, 3.63) is 11.9 Å². The van der Waals surface area contributed by atoms with Crippen LogP contribution in [0.15, 0.2) is 6.20 Å². The fourth-order valence-corrected chi connectivity index (χ4v) is 2.16. The summed E-state index contributed by atoms with van der Waals surface area (Å²) in [5.74, 6) is 0.802. The van der Waals surface area contributed by atoms with Gasteiger partial charge in [-0.3, -0.25) is 4.68 Å². The van der Waals surface area contributed by atoms with E-state index in [0.29, 0.717) is 6.54 Å². The quantitative estimate of drug-likeness (QED) is 0.789. The van der Waals surface area contributed by atoms with Crippen molar-refractivity contribution < 1.29 is 0 Å². The molecule has 1 aliphatic carbocycles. The van der Waals surface area contributed by atoms with E-state index in [1.54, 1.807) is 0 Å². The fraction of sp³-hybridized carbons (Fsp3) is 0.800. The first-order chi connectivity index (χ1) is 6.88. The van der Waals surface area contributed by atoms with Crippen LogP contribution < -0.4 is 5.73 Å². The summed E-state index contributed by atoms with van der Waals surface area (Å²) in [5, 5.41) is 8.06. The summed E-state index contributed by atoms with van der Waals surface area (Å²) in [6.07, 6.45) is 8.82. The van der Waals surface area contributed by atoms with E-state index in [9.17, 15) is 0 Å². The zero-order valence-corrected chi connectivity index (χ0v) is 8.52. The van der Waals surface area contributed by atoms with Gasteiger partial charge in [0.25, 0.3) is 0 Å². The molecule has 0 saturated heterocycles. The van der Waals surface area contributed by atoms with Gasteiger partial charge in [0.05, 0.1) is 5.69 Å². The Bertz CT molecular complexity index is 275. The van der Waals surface area contributed by atoms with Gasteiger partial charge in [0.1, 0.15) is 0 Å². The van der Waals surface area contributed by atoms with Gasteiger partial charge in [-0.1, -0.05) is 24.5 Å². The first kappa shape index (κ1) is 9.65. The Kier molecular flexibility index (Phi) is 3.14. The Hall–Kier alpha value is -0.900. The predicted molar refractivity (Wildman–Crippen MR) is 54.5 cm³/mol. The lowest BCUT2D eigenvalue weighted by atomic mass is 9.89. The lowest BCUT2D eigenvalue weighted by Gasteiger charge is -2.20. The minimum Gasteiger partial charge on any atom is -0.325 e. The maximum Gasteiger partial charge on any atom is 0.0962 e. The van der Waals surface area contributed by atoms with Crippen molar-refractivity contribution in [3.8, 4) is 0 Å². The third-order valence-electron chi connectivity index (χ3n) is 2.97. The van der Waals surface area contributed by atoms with Gasteiger partial charge in [-0.25, -0.2) is 0 Å². The number of rotatable bonds is 3. The highest BCUT2D eigenvalue weighted by molar-refractivity contribution is 4.90. The molecule has 1 fully saturated rings. The van der Waals surface area contributed by atoms with E-state index in [-0.39, 0.29) is 0 Å². The molecule has 2 N–H and O–H groups in total. The van der Waals surface area contributed by atoms with Gasteiger partial charge >= 0.3 is 0 Å². The molecule has 0 radical (unpaired) electrons. The van der Waals surface area contributed by atoms with Crippen molar-refractivity contribution in [2.75, 3.05) is 0 Å². The van der Waals surface area contributed by atoms with Crippen molar-refractivity contribution in [2.45, 2.75) is 45.2 Å². The molecule has 1 heterocycles. The number of aromatic nitrogens is 3. The minimum atomic E-state index is 0.491. The topological polar surface area (TPSA) is 56.7 Å². The monoisotopic (exact) mass is 194 g/mol. The molecule has 0 spiro atoms. The number of nitrogens with zero attached hydrogens (tertiary/aromatic N) is 3. The summed E-state index contributed by atoms with van der Waals surface area (Å²) in [6.45, 7) is 1.51.